The number of halogens is 1. The van der Waals surface area contributed by atoms with Crippen LogP contribution in [0.3, 0.4) is 0 Å². The van der Waals surface area contributed by atoms with Crippen LogP contribution in [0.5, 0.6) is 0 Å². The fourth-order valence-electron chi connectivity index (χ4n) is 1.72. The van der Waals surface area contributed by atoms with Gasteiger partial charge in [0.25, 0.3) is 5.91 Å². The number of ether oxygens (including phenoxy) is 1. The zero-order valence-electron chi connectivity index (χ0n) is 11.7. The quantitative estimate of drug-likeness (QED) is 0.695. The van der Waals surface area contributed by atoms with Crippen LogP contribution in [0.1, 0.15) is 16.1 Å². The number of benzene rings is 1. The van der Waals surface area contributed by atoms with Crippen LogP contribution < -0.4 is 5.32 Å². The Morgan fingerprint density at radius 3 is 2.64 bits per heavy atom. The van der Waals surface area contributed by atoms with E-state index in [4.69, 9.17) is 11.6 Å². The largest absolute Gasteiger partial charge is 0.466 e. The van der Waals surface area contributed by atoms with Crippen molar-refractivity contribution in [2.75, 3.05) is 12.4 Å². The van der Waals surface area contributed by atoms with Gasteiger partial charge in [0.2, 0.25) is 0 Å². The van der Waals surface area contributed by atoms with E-state index in [2.05, 4.69) is 15.0 Å². The van der Waals surface area contributed by atoms with Gasteiger partial charge in [-0.3, -0.25) is 9.78 Å². The lowest BCUT2D eigenvalue weighted by Crippen LogP contribution is -2.15. The summed E-state index contributed by atoms with van der Waals surface area (Å²) in [4.78, 5) is 27.6. The molecule has 1 aromatic heterocycles. The molecule has 0 atom stereocenters. The molecule has 1 aromatic carbocycles. The van der Waals surface area contributed by atoms with Crippen LogP contribution in [-0.4, -0.2) is 24.0 Å². The van der Waals surface area contributed by atoms with Crippen LogP contribution in [0.15, 0.2) is 48.7 Å². The van der Waals surface area contributed by atoms with E-state index in [0.717, 1.165) is 0 Å². The SMILES string of the molecule is COC(=O)/C=C/c1c(Cl)ccnc1C(=O)Nc1ccccc1. The Kier molecular flexibility index (Phi) is 5.27. The fraction of sp³-hybridized carbons (Fsp3) is 0.0625. The highest BCUT2D eigenvalue weighted by Gasteiger charge is 2.14. The first kappa shape index (κ1) is 15.7. The van der Waals surface area contributed by atoms with Gasteiger partial charge in [-0.05, 0) is 24.3 Å². The van der Waals surface area contributed by atoms with Crippen LogP contribution in [0, 0.1) is 0 Å². The van der Waals surface area contributed by atoms with Crippen LogP contribution in [0.4, 0.5) is 5.69 Å². The Morgan fingerprint density at radius 2 is 1.95 bits per heavy atom. The molecule has 1 N–H and O–H groups in total. The molecule has 0 bridgehead atoms. The van der Waals surface area contributed by atoms with Crippen LogP contribution in [0.25, 0.3) is 6.08 Å². The molecular weight excluding hydrogens is 304 g/mol. The average molecular weight is 317 g/mol. The minimum Gasteiger partial charge on any atom is -0.466 e. The first-order chi connectivity index (χ1) is 10.6. The monoisotopic (exact) mass is 316 g/mol. The van der Waals surface area contributed by atoms with Gasteiger partial charge in [-0.1, -0.05) is 29.8 Å². The van der Waals surface area contributed by atoms with Gasteiger partial charge in [-0.2, -0.15) is 0 Å². The van der Waals surface area contributed by atoms with Gasteiger partial charge in [0, 0.05) is 23.5 Å². The third kappa shape index (κ3) is 3.93. The topological polar surface area (TPSA) is 68.3 Å². The first-order valence-corrected chi connectivity index (χ1v) is 6.76. The molecule has 22 heavy (non-hydrogen) atoms. The summed E-state index contributed by atoms with van der Waals surface area (Å²) >= 11 is 6.08. The Balaban J connectivity index is 2.30. The Bertz CT molecular complexity index is 715. The zero-order valence-corrected chi connectivity index (χ0v) is 12.5. The predicted molar refractivity (Wildman–Crippen MR) is 84.7 cm³/mol. The van der Waals surface area contributed by atoms with Crippen molar-refractivity contribution in [3.63, 3.8) is 0 Å². The molecule has 0 fully saturated rings. The summed E-state index contributed by atoms with van der Waals surface area (Å²) in [6.07, 6.45) is 4.01. The van der Waals surface area contributed by atoms with Gasteiger partial charge < -0.3 is 10.1 Å². The van der Waals surface area contributed by atoms with Crippen molar-refractivity contribution in [2.45, 2.75) is 0 Å². The number of anilines is 1. The molecule has 6 heteroatoms. The number of amides is 1. The van der Waals surface area contributed by atoms with Crippen molar-refractivity contribution < 1.29 is 14.3 Å². The number of aromatic nitrogens is 1. The maximum absolute atomic E-state index is 12.3. The van der Waals surface area contributed by atoms with Crippen molar-refractivity contribution in [3.8, 4) is 0 Å². The van der Waals surface area contributed by atoms with Gasteiger partial charge in [0.15, 0.2) is 0 Å². The number of carbonyl (C=O) groups excluding carboxylic acids is 2. The normalized spacial score (nSPS) is 10.5. The second kappa shape index (κ2) is 7.38. The third-order valence-electron chi connectivity index (χ3n) is 2.77. The molecule has 0 unspecified atom stereocenters. The van der Waals surface area contributed by atoms with Crippen molar-refractivity contribution in [1.82, 2.24) is 4.98 Å². The van der Waals surface area contributed by atoms with Crippen LogP contribution in [0.2, 0.25) is 5.02 Å². The smallest absolute Gasteiger partial charge is 0.330 e. The predicted octanol–water partition coefficient (Wildman–Crippen LogP) is 3.17. The molecule has 0 aliphatic carbocycles. The van der Waals surface area contributed by atoms with E-state index in [1.165, 1.54) is 31.5 Å². The van der Waals surface area contributed by atoms with E-state index in [9.17, 15) is 9.59 Å². The lowest BCUT2D eigenvalue weighted by atomic mass is 10.1. The van der Waals surface area contributed by atoms with Gasteiger partial charge in [-0.25, -0.2) is 4.79 Å². The van der Waals surface area contributed by atoms with Crippen LogP contribution in [-0.2, 0) is 9.53 Å². The lowest BCUT2D eigenvalue weighted by Gasteiger charge is -2.08. The van der Waals surface area contributed by atoms with Crippen molar-refractivity contribution in [2.24, 2.45) is 0 Å². The van der Waals surface area contributed by atoms with E-state index in [0.29, 0.717) is 16.3 Å². The maximum atomic E-state index is 12.3. The molecule has 1 heterocycles. The number of para-hydroxylation sites is 1. The van der Waals surface area contributed by atoms with Crippen molar-refractivity contribution >= 4 is 35.2 Å². The Labute approximate surface area is 132 Å². The summed E-state index contributed by atoms with van der Waals surface area (Å²) in [6, 6.07) is 10.5. The number of hydrogen-bond acceptors (Lipinski definition) is 4. The highest BCUT2D eigenvalue weighted by molar-refractivity contribution is 6.32. The van der Waals surface area contributed by atoms with Gasteiger partial charge in [-0.15, -0.1) is 0 Å². The molecule has 5 nitrogen and oxygen atoms in total. The molecule has 2 rings (SSSR count). The Hall–Kier alpha value is -2.66. The Morgan fingerprint density at radius 1 is 1.23 bits per heavy atom. The number of carbonyl (C=O) groups is 2. The van der Waals surface area contributed by atoms with Crippen LogP contribution >= 0.6 is 11.6 Å². The standard InChI is InChI=1S/C16H13ClN2O3/c1-22-14(20)8-7-12-13(17)9-10-18-15(12)16(21)19-11-5-3-2-4-6-11/h2-10H,1H3,(H,19,21)/b8-7+. The number of hydrogen-bond donors (Lipinski definition) is 1. The molecule has 1 amide bonds. The van der Waals surface area contributed by atoms with Crippen molar-refractivity contribution in [3.05, 3.63) is 65.0 Å². The lowest BCUT2D eigenvalue weighted by molar-refractivity contribution is -0.134. The molecule has 0 radical (unpaired) electrons. The summed E-state index contributed by atoms with van der Waals surface area (Å²) < 4.78 is 4.52. The van der Waals surface area contributed by atoms with E-state index in [-0.39, 0.29) is 5.69 Å². The number of nitrogens with zero attached hydrogens (tertiary/aromatic N) is 1. The summed E-state index contributed by atoms with van der Waals surface area (Å²) in [5.74, 6) is -0.965. The highest BCUT2D eigenvalue weighted by Crippen LogP contribution is 2.21. The third-order valence-corrected chi connectivity index (χ3v) is 3.10. The summed E-state index contributed by atoms with van der Waals surface area (Å²) in [7, 11) is 1.26. The maximum Gasteiger partial charge on any atom is 0.330 e. The van der Waals surface area contributed by atoms with E-state index in [1.54, 1.807) is 24.3 Å². The van der Waals surface area contributed by atoms with E-state index < -0.39 is 11.9 Å². The minimum atomic E-state index is -0.547. The van der Waals surface area contributed by atoms with E-state index >= 15 is 0 Å². The molecule has 0 aliphatic rings. The molecule has 112 valence electrons. The molecule has 2 aromatic rings. The number of rotatable bonds is 4. The minimum absolute atomic E-state index is 0.122. The number of esters is 1. The van der Waals surface area contributed by atoms with E-state index in [1.807, 2.05) is 6.07 Å². The molecule has 0 saturated heterocycles. The number of methoxy groups -OCH3 is 1. The van der Waals surface area contributed by atoms with Crippen molar-refractivity contribution in [1.29, 1.82) is 0 Å². The highest BCUT2D eigenvalue weighted by atomic mass is 35.5. The first-order valence-electron chi connectivity index (χ1n) is 6.38. The molecular formula is C16H13ClN2O3. The second-order valence-electron chi connectivity index (χ2n) is 4.23. The van der Waals surface area contributed by atoms with Gasteiger partial charge >= 0.3 is 5.97 Å². The second-order valence-corrected chi connectivity index (χ2v) is 4.64. The molecule has 0 aliphatic heterocycles. The molecule has 0 spiro atoms. The average Bonchev–Trinajstić information content (AvgIpc) is 2.54. The number of pyridine rings is 1. The summed E-state index contributed by atoms with van der Waals surface area (Å²) in [5.41, 5.74) is 1.11. The zero-order chi connectivity index (χ0) is 15.9. The summed E-state index contributed by atoms with van der Waals surface area (Å²) in [6.45, 7) is 0. The summed E-state index contributed by atoms with van der Waals surface area (Å²) in [5, 5.41) is 3.03. The van der Waals surface area contributed by atoms with Gasteiger partial charge in [0.1, 0.15) is 5.69 Å². The number of nitrogens with one attached hydrogen (secondary N) is 1. The molecule has 0 saturated carbocycles. The fourth-order valence-corrected chi connectivity index (χ4v) is 1.93. The van der Waals surface area contributed by atoms with Gasteiger partial charge in [0.05, 0.1) is 12.1 Å².